The van der Waals surface area contributed by atoms with Gasteiger partial charge in [0.25, 0.3) is 0 Å². The van der Waals surface area contributed by atoms with Crippen LogP contribution in [-0.4, -0.2) is 36.6 Å². The maximum atomic E-state index is 4.03. The summed E-state index contributed by atoms with van der Waals surface area (Å²) in [5, 5.41) is 3.56. The second-order valence-corrected chi connectivity index (χ2v) is 6.31. The van der Waals surface area contributed by atoms with E-state index in [1.165, 1.54) is 51.9 Å². The molecule has 0 aromatic carbocycles. The molecule has 104 valence electrons. The lowest BCUT2D eigenvalue weighted by atomic mass is 9.75. The van der Waals surface area contributed by atoms with Crippen molar-refractivity contribution < 1.29 is 0 Å². The smallest absolute Gasteiger partial charge is 0.0281 e. The molecule has 0 aromatic heterocycles. The molecule has 2 aliphatic heterocycles. The van der Waals surface area contributed by atoms with E-state index in [4.69, 9.17) is 0 Å². The van der Waals surface area contributed by atoms with Crippen LogP contribution in [0.4, 0.5) is 0 Å². The minimum absolute atomic E-state index is 0.380. The Kier molecular flexibility index (Phi) is 4.85. The first-order valence-corrected chi connectivity index (χ1v) is 7.79. The van der Waals surface area contributed by atoms with Gasteiger partial charge in [-0.25, -0.2) is 0 Å². The molecule has 2 unspecified atom stereocenters. The summed E-state index contributed by atoms with van der Waals surface area (Å²) < 4.78 is 0. The van der Waals surface area contributed by atoms with E-state index in [9.17, 15) is 0 Å². The first-order chi connectivity index (χ1) is 8.73. The van der Waals surface area contributed by atoms with Gasteiger partial charge in [-0.05, 0) is 70.1 Å². The fraction of sp³-hybridized carbons (Fsp3) is 0.875. The van der Waals surface area contributed by atoms with Crippen molar-refractivity contribution in [3.8, 4) is 0 Å². The summed E-state index contributed by atoms with van der Waals surface area (Å²) in [5.41, 5.74) is 0.380. The molecule has 2 heterocycles. The average molecular weight is 250 g/mol. The molecule has 2 saturated heterocycles. The Labute approximate surface area is 113 Å². The highest BCUT2D eigenvalue weighted by Crippen LogP contribution is 2.38. The number of rotatable bonds is 5. The largest absolute Gasteiger partial charge is 0.316 e. The van der Waals surface area contributed by atoms with Crippen LogP contribution >= 0.6 is 0 Å². The summed E-state index contributed by atoms with van der Waals surface area (Å²) in [7, 11) is 0. The number of hydrogen-bond donors (Lipinski definition) is 1. The highest BCUT2D eigenvalue weighted by Gasteiger charge is 2.43. The predicted molar refractivity (Wildman–Crippen MR) is 78.8 cm³/mol. The van der Waals surface area contributed by atoms with E-state index in [1.807, 2.05) is 0 Å². The van der Waals surface area contributed by atoms with E-state index in [1.54, 1.807) is 0 Å². The van der Waals surface area contributed by atoms with Gasteiger partial charge in [-0.15, -0.1) is 6.58 Å². The molecule has 2 nitrogen and oxygen atoms in total. The molecular formula is C16H30N2. The quantitative estimate of drug-likeness (QED) is 0.755. The highest BCUT2D eigenvalue weighted by atomic mass is 15.2. The Morgan fingerprint density at radius 1 is 1.33 bits per heavy atom. The number of hydrogen-bond acceptors (Lipinski definition) is 2. The van der Waals surface area contributed by atoms with Gasteiger partial charge >= 0.3 is 0 Å². The summed E-state index contributed by atoms with van der Waals surface area (Å²) in [6.45, 7) is 13.8. The molecule has 0 bridgehead atoms. The number of nitrogens with one attached hydrogen (secondary N) is 1. The van der Waals surface area contributed by atoms with Gasteiger partial charge in [0.1, 0.15) is 0 Å². The van der Waals surface area contributed by atoms with Gasteiger partial charge in [0.05, 0.1) is 0 Å². The molecular weight excluding hydrogens is 220 g/mol. The van der Waals surface area contributed by atoms with Crippen LogP contribution < -0.4 is 5.32 Å². The molecule has 0 radical (unpaired) electrons. The van der Waals surface area contributed by atoms with E-state index in [0.717, 1.165) is 18.3 Å². The van der Waals surface area contributed by atoms with Crippen molar-refractivity contribution in [1.29, 1.82) is 0 Å². The van der Waals surface area contributed by atoms with E-state index in [-0.39, 0.29) is 0 Å². The van der Waals surface area contributed by atoms with Gasteiger partial charge in [-0.2, -0.15) is 0 Å². The summed E-state index contributed by atoms with van der Waals surface area (Å²) in [4.78, 5) is 2.80. The van der Waals surface area contributed by atoms with Crippen molar-refractivity contribution in [2.75, 3.05) is 26.2 Å². The van der Waals surface area contributed by atoms with E-state index in [2.05, 4.69) is 36.7 Å². The van der Waals surface area contributed by atoms with Crippen molar-refractivity contribution in [3.05, 3.63) is 12.7 Å². The van der Waals surface area contributed by atoms with Crippen LogP contribution in [0, 0.1) is 11.8 Å². The van der Waals surface area contributed by atoms with Crippen molar-refractivity contribution in [2.45, 2.75) is 51.5 Å². The second-order valence-electron chi connectivity index (χ2n) is 6.31. The van der Waals surface area contributed by atoms with Gasteiger partial charge < -0.3 is 5.32 Å². The number of likely N-dealkylation sites (tertiary alicyclic amines) is 1. The van der Waals surface area contributed by atoms with Crippen molar-refractivity contribution in [2.24, 2.45) is 11.8 Å². The third-order valence-electron chi connectivity index (χ3n) is 5.34. The first-order valence-electron chi connectivity index (χ1n) is 7.79. The van der Waals surface area contributed by atoms with Crippen molar-refractivity contribution in [1.82, 2.24) is 10.2 Å². The molecule has 0 spiro atoms. The SMILES string of the molecule is C=CCC(CC)(C1CCNC1)N1CCC(C)CC1. The summed E-state index contributed by atoms with van der Waals surface area (Å²) in [5.74, 6) is 1.73. The van der Waals surface area contributed by atoms with Gasteiger partial charge in [0.15, 0.2) is 0 Å². The minimum atomic E-state index is 0.380. The van der Waals surface area contributed by atoms with Crippen LogP contribution in [0.15, 0.2) is 12.7 Å². The molecule has 2 rings (SSSR count). The fourth-order valence-electron chi connectivity index (χ4n) is 4.03. The Hall–Kier alpha value is -0.340. The summed E-state index contributed by atoms with van der Waals surface area (Å²) in [6.07, 6.45) is 8.66. The second kappa shape index (κ2) is 6.21. The third-order valence-corrected chi connectivity index (χ3v) is 5.34. The van der Waals surface area contributed by atoms with Crippen LogP contribution in [0.25, 0.3) is 0 Å². The van der Waals surface area contributed by atoms with E-state index >= 15 is 0 Å². The van der Waals surface area contributed by atoms with Gasteiger partial charge in [0.2, 0.25) is 0 Å². The van der Waals surface area contributed by atoms with Crippen LogP contribution in [0.3, 0.4) is 0 Å². The molecule has 2 heteroatoms. The van der Waals surface area contributed by atoms with Crippen molar-refractivity contribution in [3.63, 3.8) is 0 Å². The maximum Gasteiger partial charge on any atom is 0.0281 e. The molecule has 0 saturated carbocycles. The van der Waals surface area contributed by atoms with Crippen LogP contribution in [0.5, 0.6) is 0 Å². The first kappa shape index (κ1) is 14.1. The molecule has 0 amide bonds. The van der Waals surface area contributed by atoms with Gasteiger partial charge in [0, 0.05) is 5.54 Å². The molecule has 2 atom stereocenters. The monoisotopic (exact) mass is 250 g/mol. The lowest BCUT2D eigenvalue weighted by Gasteiger charge is -2.50. The number of nitrogens with zero attached hydrogens (tertiary/aromatic N) is 1. The van der Waals surface area contributed by atoms with Crippen LogP contribution in [-0.2, 0) is 0 Å². The molecule has 1 N–H and O–H groups in total. The Bertz CT molecular complexity index is 262. The zero-order chi connectivity index (χ0) is 13.0. The Balaban J connectivity index is 2.14. The fourth-order valence-corrected chi connectivity index (χ4v) is 4.03. The molecule has 0 aromatic rings. The lowest BCUT2D eigenvalue weighted by Crippen LogP contribution is -2.56. The highest BCUT2D eigenvalue weighted by molar-refractivity contribution is 5.03. The standard InChI is InChI=1S/C16H30N2/c1-4-9-16(5-2,15-6-10-17-13-15)18-11-7-14(3)8-12-18/h4,14-15,17H,1,5-13H2,2-3H3. The van der Waals surface area contributed by atoms with E-state index < -0.39 is 0 Å². The van der Waals surface area contributed by atoms with Crippen LogP contribution in [0.2, 0.25) is 0 Å². The van der Waals surface area contributed by atoms with Crippen LogP contribution in [0.1, 0.15) is 46.0 Å². The number of piperidine rings is 1. The third kappa shape index (κ3) is 2.65. The maximum absolute atomic E-state index is 4.03. The summed E-state index contributed by atoms with van der Waals surface area (Å²) >= 11 is 0. The van der Waals surface area contributed by atoms with Gasteiger partial charge in [-0.3, -0.25) is 4.90 Å². The predicted octanol–water partition coefficient (Wildman–Crippen LogP) is 3.05. The van der Waals surface area contributed by atoms with Gasteiger partial charge in [-0.1, -0.05) is 19.9 Å². The van der Waals surface area contributed by atoms with E-state index in [0.29, 0.717) is 5.54 Å². The Morgan fingerprint density at radius 3 is 2.56 bits per heavy atom. The molecule has 2 fully saturated rings. The molecule has 2 aliphatic rings. The molecule has 18 heavy (non-hydrogen) atoms. The summed E-state index contributed by atoms with van der Waals surface area (Å²) in [6, 6.07) is 0. The Morgan fingerprint density at radius 2 is 2.06 bits per heavy atom. The minimum Gasteiger partial charge on any atom is -0.316 e. The molecule has 0 aliphatic carbocycles. The average Bonchev–Trinajstić information content (AvgIpc) is 2.91. The topological polar surface area (TPSA) is 15.3 Å². The zero-order valence-electron chi connectivity index (χ0n) is 12.3. The normalized spacial score (nSPS) is 30.2. The zero-order valence-corrected chi connectivity index (χ0v) is 12.3. The van der Waals surface area contributed by atoms with Crippen molar-refractivity contribution >= 4 is 0 Å². The lowest BCUT2D eigenvalue weighted by molar-refractivity contribution is 0.00985.